The van der Waals surface area contributed by atoms with E-state index in [1.807, 2.05) is 11.8 Å². The van der Waals surface area contributed by atoms with Gasteiger partial charge in [-0.2, -0.15) is 37.0 Å². The zero-order valence-electron chi connectivity index (χ0n) is 9.60. The minimum absolute atomic E-state index is 0.344. The molecule has 0 N–H and O–H groups in total. The van der Waals surface area contributed by atoms with Crippen molar-refractivity contribution in [3.05, 3.63) is 0 Å². The molecular weight excluding hydrogens is 264 g/mol. The Morgan fingerprint density at radius 1 is 0.812 bits per heavy atom. The lowest BCUT2D eigenvalue weighted by Crippen LogP contribution is -2.03. The van der Waals surface area contributed by atoms with Gasteiger partial charge in [0.1, 0.15) is 6.79 Å². The number of thioether (sulfide) groups is 1. The molecule has 0 fully saturated rings. The fraction of sp³-hybridized carbons (Fsp3) is 1.00. The van der Waals surface area contributed by atoms with E-state index in [4.69, 9.17) is 14.2 Å². The van der Waals surface area contributed by atoms with E-state index in [9.17, 15) is 0 Å². The number of rotatable bonds is 13. The number of thiol groups is 2. The Bertz CT molecular complexity index is 114. The van der Waals surface area contributed by atoms with Crippen LogP contribution in [0.5, 0.6) is 0 Å². The van der Waals surface area contributed by atoms with Gasteiger partial charge in [-0.3, -0.25) is 0 Å². The van der Waals surface area contributed by atoms with Crippen molar-refractivity contribution in [3.63, 3.8) is 0 Å². The maximum atomic E-state index is 5.41. The topological polar surface area (TPSA) is 27.7 Å². The Morgan fingerprint density at radius 3 is 2.38 bits per heavy atom. The second-order valence-electron chi connectivity index (χ2n) is 3.01. The van der Waals surface area contributed by atoms with Gasteiger partial charge in [-0.1, -0.05) is 0 Å². The minimum Gasteiger partial charge on any atom is -0.381 e. The zero-order valence-corrected chi connectivity index (χ0v) is 12.2. The molecule has 0 bridgehead atoms. The van der Waals surface area contributed by atoms with Gasteiger partial charge in [0.05, 0.1) is 12.5 Å². The molecule has 98 valence electrons. The highest BCUT2D eigenvalue weighted by Gasteiger charge is 1.92. The summed E-state index contributed by atoms with van der Waals surface area (Å²) in [6, 6.07) is 0. The summed E-state index contributed by atoms with van der Waals surface area (Å²) in [7, 11) is 0. The van der Waals surface area contributed by atoms with Crippen LogP contribution in [0.4, 0.5) is 0 Å². The summed E-state index contributed by atoms with van der Waals surface area (Å²) in [5.41, 5.74) is 0. The molecule has 0 aromatic heterocycles. The van der Waals surface area contributed by atoms with Gasteiger partial charge in [0.25, 0.3) is 0 Å². The van der Waals surface area contributed by atoms with E-state index < -0.39 is 0 Å². The molecular formula is C10H22O3S3. The molecule has 0 atom stereocenters. The first-order chi connectivity index (χ1) is 7.91. The highest BCUT2D eigenvalue weighted by molar-refractivity contribution is 7.99. The number of ether oxygens (including phenoxy) is 3. The molecule has 0 aromatic carbocycles. The Hall–Kier alpha value is 0.930. The van der Waals surface area contributed by atoms with Gasteiger partial charge in [0.2, 0.25) is 0 Å². The third kappa shape index (κ3) is 14.9. The number of hydrogen-bond donors (Lipinski definition) is 2. The smallest absolute Gasteiger partial charge is 0.147 e. The van der Waals surface area contributed by atoms with Gasteiger partial charge in [-0.25, -0.2) is 0 Å². The average Bonchev–Trinajstić information content (AvgIpc) is 2.31. The molecule has 0 heterocycles. The standard InChI is InChI=1S/C10H22O3S3/c14-6-1-3-11-4-2-7-16-8-5-12-9-13-10-15/h14-15H,1-10H2. The first-order valence-corrected chi connectivity index (χ1v) is 7.86. The highest BCUT2D eigenvalue weighted by Crippen LogP contribution is 2.02. The van der Waals surface area contributed by atoms with Crippen LogP contribution in [0, 0.1) is 0 Å². The van der Waals surface area contributed by atoms with E-state index in [-0.39, 0.29) is 0 Å². The Labute approximate surface area is 114 Å². The molecule has 0 aliphatic heterocycles. The molecule has 16 heavy (non-hydrogen) atoms. The minimum atomic E-state index is 0.344. The van der Waals surface area contributed by atoms with Crippen LogP contribution in [0.3, 0.4) is 0 Å². The Balaban J connectivity index is 2.83. The maximum absolute atomic E-state index is 5.41. The summed E-state index contributed by atoms with van der Waals surface area (Å²) in [6.07, 6.45) is 2.14. The van der Waals surface area contributed by atoms with Crippen molar-refractivity contribution >= 4 is 37.0 Å². The molecule has 0 aliphatic rings. The molecule has 0 spiro atoms. The predicted molar refractivity (Wildman–Crippen MR) is 77.0 cm³/mol. The van der Waals surface area contributed by atoms with E-state index in [0.29, 0.717) is 12.7 Å². The van der Waals surface area contributed by atoms with Gasteiger partial charge >= 0.3 is 0 Å². The largest absolute Gasteiger partial charge is 0.381 e. The summed E-state index contributed by atoms with van der Waals surface area (Å²) in [5.74, 6) is 3.45. The van der Waals surface area contributed by atoms with Gasteiger partial charge in [-0.05, 0) is 24.3 Å². The molecule has 0 radical (unpaired) electrons. The Kier molecular flexibility index (Phi) is 16.9. The fourth-order valence-electron chi connectivity index (χ4n) is 0.907. The van der Waals surface area contributed by atoms with E-state index in [1.54, 1.807) is 0 Å². The second kappa shape index (κ2) is 15.9. The molecule has 0 saturated carbocycles. The average molecular weight is 286 g/mol. The second-order valence-corrected chi connectivity index (χ2v) is 4.94. The van der Waals surface area contributed by atoms with Crippen LogP contribution in [-0.4, -0.2) is 49.8 Å². The van der Waals surface area contributed by atoms with Gasteiger partial charge in [-0.15, -0.1) is 0 Å². The quantitative estimate of drug-likeness (QED) is 0.309. The van der Waals surface area contributed by atoms with Crippen LogP contribution in [-0.2, 0) is 14.2 Å². The summed E-state index contributed by atoms with van der Waals surface area (Å²) in [4.78, 5) is 0. The van der Waals surface area contributed by atoms with Crippen molar-refractivity contribution in [2.45, 2.75) is 12.8 Å². The van der Waals surface area contributed by atoms with Crippen LogP contribution < -0.4 is 0 Å². The monoisotopic (exact) mass is 286 g/mol. The molecule has 0 saturated heterocycles. The lowest BCUT2D eigenvalue weighted by Gasteiger charge is -2.04. The fourth-order valence-corrected chi connectivity index (χ4v) is 1.87. The van der Waals surface area contributed by atoms with E-state index in [0.717, 1.165) is 49.9 Å². The summed E-state index contributed by atoms with van der Waals surface area (Å²) >= 11 is 9.89. The molecule has 0 aromatic rings. The SMILES string of the molecule is SCCCOCCCSCCOCOCS. The first-order valence-electron chi connectivity index (χ1n) is 5.44. The zero-order chi connectivity index (χ0) is 11.9. The summed E-state index contributed by atoms with van der Waals surface area (Å²) < 4.78 is 15.5. The highest BCUT2D eigenvalue weighted by atomic mass is 32.2. The molecule has 6 heteroatoms. The van der Waals surface area contributed by atoms with Crippen molar-refractivity contribution < 1.29 is 14.2 Å². The predicted octanol–water partition coefficient (Wildman–Crippen LogP) is 2.32. The molecule has 0 amide bonds. The lowest BCUT2D eigenvalue weighted by atomic mass is 10.5. The van der Waals surface area contributed by atoms with Crippen LogP contribution in [0.15, 0.2) is 0 Å². The van der Waals surface area contributed by atoms with Crippen LogP contribution >= 0.6 is 37.0 Å². The first kappa shape index (κ1) is 16.9. The summed E-state index contributed by atoms with van der Waals surface area (Å²) in [6.45, 7) is 2.76. The van der Waals surface area contributed by atoms with Crippen molar-refractivity contribution in [2.75, 3.05) is 49.8 Å². The van der Waals surface area contributed by atoms with Gasteiger partial charge < -0.3 is 14.2 Å². The lowest BCUT2D eigenvalue weighted by molar-refractivity contribution is -0.0297. The van der Waals surface area contributed by atoms with E-state index >= 15 is 0 Å². The molecule has 3 nitrogen and oxygen atoms in total. The van der Waals surface area contributed by atoms with Crippen LogP contribution in [0.1, 0.15) is 12.8 Å². The van der Waals surface area contributed by atoms with E-state index in [1.165, 1.54) is 0 Å². The third-order valence-corrected chi connectivity index (χ3v) is 3.19. The van der Waals surface area contributed by atoms with Crippen LogP contribution in [0.25, 0.3) is 0 Å². The molecule has 0 aliphatic carbocycles. The van der Waals surface area contributed by atoms with Crippen LogP contribution in [0.2, 0.25) is 0 Å². The van der Waals surface area contributed by atoms with Crippen molar-refractivity contribution in [3.8, 4) is 0 Å². The van der Waals surface area contributed by atoms with E-state index in [2.05, 4.69) is 25.3 Å². The van der Waals surface area contributed by atoms with Crippen molar-refractivity contribution in [1.82, 2.24) is 0 Å². The number of hydrogen-bond acceptors (Lipinski definition) is 6. The van der Waals surface area contributed by atoms with Gasteiger partial charge in [0, 0.05) is 19.0 Å². The van der Waals surface area contributed by atoms with Gasteiger partial charge in [0.15, 0.2) is 0 Å². The van der Waals surface area contributed by atoms with Crippen molar-refractivity contribution in [1.29, 1.82) is 0 Å². The third-order valence-electron chi connectivity index (χ3n) is 1.65. The Morgan fingerprint density at radius 2 is 1.62 bits per heavy atom. The summed E-state index contributed by atoms with van der Waals surface area (Å²) in [5, 5.41) is 0. The molecule has 0 unspecified atom stereocenters. The van der Waals surface area contributed by atoms with Crippen molar-refractivity contribution in [2.24, 2.45) is 0 Å². The molecule has 0 rings (SSSR count). The normalized spacial score (nSPS) is 10.9. The maximum Gasteiger partial charge on any atom is 0.147 e.